The van der Waals surface area contributed by atoms with Crippen molar-refractivity contribution >= 4 is 50.3 Å². The molecule has 456 valence electrons. The lowest BCUT2D eigenvalue weighted by molar-refractivity contribution is 0.287. The summed E-state index contributed by atoms with van der Waals surface area (Å²) >= 11 is 0. The van der Waals surface area contributed by atoms with Gasteiger partial charge in [0.25, 0.3) is 0 Å². The molecule has 9 rings (SSSR count). The van der Waals surface area contributed by atoms with E-state index in [-0.39, 0.29) is 55.2 Å². The number of benzene rings is 6. The van der Waals surface area contributed by atoms with Crippen molar-refractivity contribution in [1.82, 2.24) is 16.0 Å². The van der Waals surface area contributed by atoms with Crippen LogP contribution in [0.3, 0.4) is 0 Å². The Hall–Kier alpha value is -5.73. The summed E-state index contributed by atoms with van der Waals surface area (Å²) in [7, 11) is -20.6. The average Bonchev–Trinajstić information content (AvgIpc) is 2.36. The first kappa shape index (κ1) is 65.8. The highest BCUT2D eigenvalue weighted by molar-refractivity contribution is 7.92. The topological polar surface area (TPSA) is 286 Å². The Balaban J connectivity index is 0.000000181. The lowest BCUT2D eigenvalue weighted by Crippen LogP contribution is -2.50. The SMILES string of the molecule is CCC1(CC)CS(=O)(=O)c2cc(OS(=O)(=O)O)ccc2C(c2ccccc2)N1.CCCC1(CCC)CS(=O)(=O)c2cc(O)ccc2C(c2ccccc2)N1.CCCC[C@]1(CC)CS(=O)(=O)c2cc(OS(=O)(=O)O)ccc2[C@@H](c2ccccc2)N1. The van der Waals surface area contributed by atoms with Gasteiger partial charge >= 0.3 is 20.8 Å². The van der Waals surface area contributed by atoms with Crippen molar-refractivity contribution in [1.29, 1.82) is 0 Å². The van der Waals surface area contributed by atoms with Crippen LogP contribution in [0.1, 0.15) is 157 Å². The number of rotatable bonds is 17. The molecule has 84 heavy (non-hydrogen) atoms. The van der Waals surface area contributed by atoms with Crippen LogP contribution in [0, 0.1) is 0 Å². The molecule has 0 aliphatic carbocycles. The van der Waals surface area contributed by atoms with Gasteiger partial charge in [0.1, 0.15) is 17.2 Å². The van der Waals surface area contributed by atoms with Gasteiger partial charge in [-0.2, -0.15) is 16.8 Å². The van der Waals surface area contributed by atoms with Crippen molar-refractivity contribution < 1.29 is 64.7 Å². The first-order chi connectivity index (χ1) is 39.6. The summed E-state index contributed by atoms with van der Waals surface area (Å²) in [5.41, 5.74) is 2.85. The molecule has 2 unspecified atom stereocenters. The van der Waals surface area contributed by atoms with Gasteiger partial charge in [-0.25, -0.2) is 25.3 Å². The Morgan fingerprint density at radius 3 is 1.13 bits per heavy atom. The average molecular weight is 1250 g/mol. The minimum absolute atomic E-state index is 0.00113. The molecule has 3 aliphatic heterocycles. The summed E-state index contributed by atoms with van der Waals surface area (Å²) in [6.07, 6.45) is 7.76. The van der Waals surface area contributed by atoms with Crippen molar-refractivity contribution in [3.05, 3.63) is 179 Å². The van der Waals surface area contributed by atoms with Crippen molar-refractivity contribution in [3.63, 3.8) is 0 Å². The number of fused-ring (bicyclic) bond motifs is 3. The predicted octanol–water partition coefficient (Wildman–Crippen LogP) is 10.8. The third-order valence-corrected chi connectivity index (χ3v) is 22.6. The zero-order chi connectivity index (χ0) is 61.4. The number of unbranched alkanes of at least 4 members (excludes halogenated alkanes) is 1. The van der Waals surface area contributed by atoms with Crippen LogP contribution in [0.2, 0.25) is 0 Å². The van der Waals surface area contributed by atoms with Gasteiger partial charge in [0.15, 0.2) is 29.5 Å². The molecule has 4 atom stereocenters. The summed E-state index contributed by atoms with van der Waals surface area (Å²) < 4.78 is 151. The van der Waals surface area contributed by atoms with Crippen LogP contribution in [-0.2, 0) is 50.3 Å². The summed E-state index contributed by atoms with van der Waals surface area (Å²) in [5, 5.41) is 20.8. The molecule has 0 saturated heterocycles. The van der Waals surface area contributed by atoms with Crippen LogP contribution < -0.4 is 24.3 Å². The highest BCUT2D eigenvalue weighted by Crippen LogP contribution is 2.43. The molecule has 3 heterocycles. The normalized spacial score (nSPS) is 21.7. The Kier molecular flexibility index (Phi) is 21.1. The van der Waals surface area contributed by atoms with Gasteiger partial charge < -0.3 is 13.5 Å². The fourth-order valence-corrected chi connectivity index (χ4v) is 19.0. The van der Waals surface area contributed by atoms with Crippen LogP contribution in [0.5, 0.6) is 17.2 Å². The number of phenols is 1. The van der Waals surface area contributed by atoms with Crippen molar-refractivity contribution in [2.75, 3.05) is 17.3 Å². The first-order valence-electron chi connectivity index (χ1n) is 28.2. The van der Waals surface area contributed by atoms with E-state index in [4.69, 9.17) is 9.11 Å². The second kappa shape index (κ2) is 26.9. The third kappa shape index (κ3) is 16.0. The molecule has 0 amide bonds. The number of hydrogen-bond donors (Lipinski definition) is 6. The molecular weight excluding hydrogens is 1180 g/mol. The Morgan fingerprint density at radius 1 is 0.440 bits per heavy atom. The van der Waals surface area contributed by atoms with Crippen LogP contribution in [-0.4, -0.2) is 90.2 Å². The number of sulfone groups is 3. The van der Waals surface area contributed by atoms with Crippen molar-refractivity contribution in [3.8, 4) is 17.2 Å². The Labute approximate surface area is 496 Å². The molecule has 0 radical (unpaired) electrons. The molecular formula is C61H77N3O15S5. The Morgan fingerprint density at radius 2 is 0.774 bits per heavy atom. The molecule has 3 aliphatic rings. The standard InChI is InChI=1S/C21H27NO6S2.C21H27NO3S.C19H23NO6S2/c1-3-5-13-21(4-2)15-29(23,24)19-14-17(28-30(25,26)27)11-12-18(19)20(22-21)16-9-7-6-8-10-16;1-3-12-21(13-4-2)15-26(24,25)19-14-17(23)10-11-18(19)20(22-21)16-8-6-5-7-9-16;1-3-19(4-2)13-27(21,22)17-12-15(26-28(23,24)25)10-11-16(17)18(20-19)14-8-6-5-7-9-14/h6-12,14,20,22H,3-5,13,15H2,1-2H3,(H,25,26,27);5-11,14,20,22-23H,3-4,12-13,15H2,1-2H3;5-12,18,20H,3-4,13H2,1-2H3,(H,23,24,25)/t20-,21-;;/m1../s1. The molecule has 6 aromatic carbocycles. The van der Waals surface area contributed by atoms with E-state index in [1.807, 2.05) is 112 Å². The highest BCUT2D eigenvalue weighted by Gasteiger charge is 2.45. The minimum atomic E-state index is -4.77. The van der Waals surface area contributed by atoms with E-state index in [9.17, 15) is 47.2 Å². The molecule has 0 saturated carbocycles. The fraction of sp³-hybridized carbons (Fsp3) is 0.410. The smallest absolute Gasteiger partial charge is 0.446 e. The molecule has 18 nitrogen and oxygen atoms in total. The van der Waals surface area contributed by atoms with E-state index in [1.165, 1.54) is 30.3 Å². The van der Waals surface area contributed by atoms with Crippen molar-refractivity contribution in [2.45, 2.75) is 155 Å². The van der Waals surface area contributed by atoms with E-state index in [1.54, 1.807) is 18.2 Å². The maximum atomic E-state index is 13.4. The van der Waals surface area contributed by atoms with E-state index in [0.29, 0.717) is 42.4 Å². The number of phenolic OH excluding ortho intramolecular Hbond substituents is 1. The first-order valence-corrected chi connectivity index (χ1v) is 35.9. The van der Waals surface area contributed by atoms with Gasteiger partial charge in [-0.05, 0) is 96.2 Å². The maximum absolute atomic E-state index is 13.4. The summed E-state index contributed by atoms with van der Waals surface area (Å²) in [6, 6.07) is 40.8. The summed E-state index contributed by atoms with van der Waals surface area (Å²) in [4.78, 5) is 0.253. The van der Waals surface area contributed by atoms with Gasteiger partial charge in [-0.1, -0.05) is 176 Å². The van der Waals surface area contributed by atoms with Crippen LogP contribution >= 0.6 is 0 Å². The quantitative estimate of drug-likeness (QED) is 0.0463. The molecule has 0 aromatic heterocycles. The number of hydrogen-bond acceptors (Lipinski definition) is 16. The molecule has 23 heteroatoms. The lowest BCUT2D eigenvalue weighted by Gasteiger charge is -2.36. The molecule has 6 aromatic rings. The van der Waals surface area contributed by atoms with Gasteiger partial charge in [0.2, 0.25) is 0 Å². The molecule has 6 N–H and O–H groups in total. The van der Waals surface area contributed by atoms with E-state index in [0.717, 1.165) is 61.3 Å². The van der Waals surface area contributed by atoms with Crippen LogP contribution in [0.4, 0.5) is 0 Å². The van der Waals surface area contributed by atoms with E-state index >= 15 is 0 Å². The summed E-state index contributed by atoms with van der Waals surface area (Å²) in [5.74, 6) is -0.693. The second-order valence-corrected chi connectivity index (χ2v) is 29.8. The van der Waals surface area contributed by atoms with Gasteiger partial charge in [-0.15, -0.1) is 0 Å². The van der Waals surface area contributed by atoms with Gasteiger partial charge in [0.05, 0.1) is 50.1 Å². The number of aromatic hydroxyl groups is 1. The van der Waals surface area contributed by atoms with Gasteiger partial charge in [0, 0.05) is 28.7 Å². The largest absolute Gasteiger partial charge is 0.508 e. The minimum Gasteiger partial charge on any atom is -0.508 e. The fourth-order valence-electron chi connectivity index (χ4n) is 11.8. The highest BCUT2D eigenvalue weighted by atomic mass is 32.3. The third-order valence-electron chi connectivity index (χ3n) is 16.0. The van der Waals surface area contributed by atoms with E-state index in [2.05, 4.69) is 45.1 Å². The monoisotopic (exact) mass is 1250 g/mol. The summed E-state index contributed by atoms with van der Waals surface area (Å²) in [6.45, 7) is 12.1. The predicted molar refractivity (Wildman–Crippen MR) is 324 cm³/mol. The number of nitrogens with one attached hydrogen (secondary N) is 3. The van der Waals surface area contributed by atoms with Crippen LogP contribution in [0.25, 0.3) is 0 Å². The van der Waals surface area contributed by atoms with Gasteiger partial charge in [-0.3, -0.25) is 25.1 Å². The molecule has 0 bridgehead atoms. The van der Waals surface area contributed by atoms with Crippen LogP contribution in [0.15, 0.2) is 160 Å². The lowest BCUT2D eigenvalue weighted by atomic mass is 9.87. The van der Waals surface area contributed by atoms with Crippen molar-refractivity contribution in [2.24, 2.45) is 0 Å². The Bertz CT molecular complexity index is 3810. The van der Waals surface area contributed by atoms with E-state index < -0.39 is 79.0 Å². The second-order valence-electron chi connectivity index (χ2n) is 21.9. The maximum Gasteiger partial charge on any atom is 0.446 e. The molecule has 0 fully saturated rings. The zero-order valence-corrected chi connectivity index (χ0v) is 52.1. The molecule has 0 spiro atoms. The zero-order valence-electron chi connectivity index (χ0n) is 48.1.